The maximum absolute atomic E-state index is 13.1. The van der Waals surface area contributed by atoms with E-state index in [2.05, 4.69) is 9.97 Å². The second kappa shape index (κ2) is 7.35. The molecule has 0 radical (unpaired) electrons. The summed E-state index contributed by atoms with van der Waals surface area (Å²) in [6.45, 7) is 0.178. The van der Waals surface area contributed by atoms with Crippen molar-refractivity contribution in [2.24, 2.45) is 5.73 Å². The van der Waals surface area contributed by atoms with Gasteiger partial charge in [-0.1, -0.05) is 35.3 Å². The standard InChI is InChI=1S/C18H15Cl2FN4/c19-11-3-6-13(15(20)8-11)17-14(9-22)18(23)25-16(24-17)7-10-1-4-12(21)5-2-10/h1-6,8H,7,9,22H2,(H2,23,24,25). The lowest BCUT2D eigenvalue weighted by molar-refractivity contribution is 0.627. The molecule has 25 heavy (non-hydrogen) atoms. The molecule has 0 saturated carbocycles. The van der Waals surface area contributed by atoms with Crippen LogP contribution in [0, 0.1) is 5.82 Å². The first-order chi connectivity index (χ1) is 12.0. The van der Waals surface area contributed by atoms with Gasteiger partial charge < -0.3 is 11.5 Å². The van der Waals surface area contributed by atoms with E-state index >= 15 is 0 Å². The summed E-state index contributed by atoms with van der Waals surface area (Å²) in [5, 5.41) is 0.977. The Bertz CT molecular complexity index is 914. The van der Waals surface area contributed by atoms with Crippen molar-refractivity contribution in [3.63, 3.8) is 0 Å². The molecule has 0 saturated heterocycles. The molecule has 0 aliphatic rings. The zero-order valence-electron chi connectivity index (χ0n) is 13.1. The third kappa shape index (κ3) is 3.90. The van der Waals surface area contributed by atoms with Crippen LogP contribution in [0.5, 0.6) is 0 Å². The van der Waals surface area contributed by atoms with Gasteiger partial charge in [-0.05, 0) is 35.9 Å². The van der Waals surface area contributed by atoms with E-state index in [0.29, 0.717) is 44.9 Å². The largest absolute Gasteiger partial charge is 0.383 e. The molecule has 0 spiro atoms. The molecule has 0 aliphatic heterocycles. The third-order valence-corrected chi connectivity index (χ3v) is 4.30. The molecular formula is C18H15Cl2FN4. The number of rotatable bonds is 4. The quantitative estimate of drug-likeness (QED) is 0.714. The first-order valence-electron chi connectivity index (χ1n) is 7.53. The van der Waals surface area contributed by atoms with E-state index in [1.165, 1.54) is 12.1 Å². The van der Waals surface area contributed by atoms with Crippen LogP contribution >= 0.6 is 23.2 Å². The minimum atomic E-state index is -0.295. The van der Waals surface area contributed by atoms with Crippen molar-refractivity contribution >= 4 is 29.0 Å². The Kier molecular flexibility index (Phi) is 5.18. The number of anilines is 1. The van der Waals surface area contributed by atoms with E-state index in [4.69, 9.17) is 34.7 Å². The number of nitrogen functional groups attached to an aromatic ring is 1. The number of hydrogen-bond donors (Lipinski definition) is 2. The van der Waals surface area contributed by atoms with Gasteiger partial charge in [0, 0.05) is 29.1 Å². The fraction of sp³-hybridized carbons (Fsp3) is 0.111. The highest BCUT2D eigenvalue weighted by Gasteiger charge is 2.16. The Morgan fingerprint density at radius 1 is 1.00 bits per heavy atom. The zero-order chi connectivity index (χ0) is 18.0. The molecule has 0 atom stereocenters. The Balaban J connectivity index is 2.07. The summed E-state index contributed by atoms with van der Waals surface area (Å²) in [5.41, 5.74) is 14.6. The van der Waals surface area contributed by atoms with Gasteiger partial charge in [-0.2, -0.15) is 0 Å². The normalized spacial score (nSPS) is 10.9. The van der Waals surface area contributed by atoms with Crippen molar-refractivity contribution in [1.29, 1.82) is 0 Å². The highest BCUT2D eigenvalue weighted by atomic mass is 35.5. The van der Waals surface area contributed by atoms with Gasteiger partial charge in [0.15, 0.2) is 0 Å². The van der Waals surface area contributed by atoms with Crippen LogP contribution in [-0.2, 0) is 13.0 Å². The number of halogens is 3. The fourth-order valence-corrected chi connectivity index (χ4v) is 3.02. The predicted octanol–water partition coefficient (Wildman–Crippen LogP) is 4.22. The summed E-state index contributed by atoms with van der Waals surface area (Å²) >= 11 is 12.3. The van der Waals surface area contributed by atoms with E-state index in [0.717, 1.165) is 5.56 Å². The molecule has 0 fully saturated rings. The Morgan fingerprint density at radius 2 is 1.72 bits per heavy atom. The third-order valence-electron chi connectivity index (χ3n) is 3.75. The second-order valence-corrected chi connectivity index (χ2v) is 6.33. The van der Waals surface area contributed by atoms with Crippen LogP contribution in [0.25, 0.3) is 11.3 Å². The molecule has 4 nitrogen and oxygen atoms in total. The fourth-order valence-electron chi connectivity index (χ4n) is 2.52. The molecule has 1 heterocycles. The monoisotopic (exact) mass is 376 g/mol. The highest BCUT2D eigenvalue weighted by molar-refractivity contribution is 6.36. The van der Waals surface area contributed by atoms with E-state index < -0.39 is 0 Å². The van der Waals surface area contributed by atoms with Crippen LogP contribution < -0.4 is 11.5 Å². The van der Waals surface area contributed by atoms with Crippen molar-refractivity contribution in [2.45, 2.75) is 13.0 Å². The highest BCUT2D eigenvalue weighted by Crippen LogP contribution is 2.33. The summed E-state index contributed by atoms with van der Waals surface area (Å²) < 4.78 is 13.1. The van der Waals surface area contributed by atoms with E-state index in [9.17, 15) is 4.39 Å². The molecule has 0 amide bonds. The van der Waals surface area contributed by atoms with E-state index in [-0.39, 0.29) is 12.4 Å². The van der Waals surface area contributed by atoms with Gasteiger partial charge in [0.25, 0.3) is 0 Å². The summed E-state index contributed by atoms with van der Waals surface area (Å²) in [5.74, 6) is 0.509. The van der Waals surface area contributed by atoms with Gasteiger partial charge in [-0.15, -0.1) is 0 Å². The van der Waals surface area contributed by atoms with Gasteiger partial charge in [0.05, 0.1) is 10.7 Å². The SMILES string of the molecule is NCc1c(N)nc(Cc2ccc(F)cc2)nc1-c1ccc(Cl)cc1Cl. The average molecular weight is 377 g/mol. The number of hydrogen-bond acceptors (Lipinski definition) is 4. The van der Waals surface area contributed by atoms with E-state index in [1.54, 1.807) is 30.3 Å². The van der Waals surface area contributed by atoms with Crippen LogP contribution in [0.3, 0.4) is 0 Å². The molecule has 2 aromatic carbocycles. The molecule has 0 aliphatic carbocycles. The topological polar surface area (TPSA) is 77.8 Å². The lowest BCUT2D eigenvalue weighted by Gasteiger charge is -2.13. The molecule has 4 N–H and O–H groups in total. The number of benzene rings is 2. The van der Waals surface area contributed by atoms with Gasteiger partial charge in [0.1, 0.15) is 17.5 Å². The molecule has 0 unspecified atom stereocenters. The van der Waals surface area contributed by atoms with Gasteiger partial charge >= 0.3 is 0 Å². The first kappa shape index (κ1) is 17.6. The Labute approximate surface area is 154 Å². The van der Waals surface area contributed by atoms with Crippen molar-refractivity contribution in [3.8, 4) is 11.3 Å². The minimum Gasteiger partial charge on any atom is -0.383 e. The Hall–Kier alpha value is -2.21. The summed E-state index contributed by atoms with van der Waals surface area (Å²) in [4.78, 5) is 8.91. The molecule has 3 rings (SSSR count). The zero-order valence-corrected chi connectivity index (χ0v) is 14.7. The first-order valence-corrected chi connectivity index (χ1v) is 8.28. The van der Waals surface area contributed by atoms with Crippen LogP contribution in [0.15, 0.2) is 42.5 Å². The van der Waals surface area contributed by atoms with Crippen LogP contribution in [0.2, 0.25) is 10.0 Å². The second-order valence-electron chi connectivity index (χ2n) is 5.48. The van der Waals surface area contributed by atoms with Gasteiger partial charge in [0.2, 0.25) is 0 Å². The lowest BCUT2D eigenvalue weighted by atomic mass is 10.1. The maximum Gasteiger partial charge on any atom is 0.135 e. The molecule has 1 aromatic heterocycles. The van der Waals surface area contributed by atoms with Crippen molar-refractivity contribution in [3.05, 3.63) is 75.3 Å². The molecular weight excluding hydrogens is 362 g/mol. The summed E-state index contributed by atoms with van der Waals surface area (Å²) in [6.07, 6.45) is 0.410. The van der Waals surface area contributed by atoms with Crippen molar-refractivity contribution in [1.82, 2.24) is 9.97 Å². The molecule has 3 aromatic rings. The number of aromatic nitrogens is 2. The maximum atomic E-state index is 13.1. The van der Waals surface area contributed by atoms with Gasteiger partial charge in [-0.3, -0.25) is 0 Å². The number of nitrogens with zero attached hydrogens (tertiary/aromatic N) is 2. The van der Waals surface area contributed by atoms with Crippen molar-refractivity contribution < 1.29 is 4.39 Å². The smallest absolute Gasteiger partial charge is 0.135 e. The molecule has 0 bridgehead atoms. The summed E-state index contributed by atoms with van der Waals surface area (Å²) in [7, 11) is 0. The number of nitrogens with two attached hydrogens (primary N) is 2. The van der Waals surface area contributed by atoms with Crippen LogP contribution in [-0.4, -0.2) is 9.97 Å². The van der Waals surface area contributed by atoms with Gasteiger partial charge in [-0.25, -0.2) is 14.4 Å². The summed E-state index contributed by atoms with van der Waals surface area (Å²) in [6, 6.07) is 11.3. The van der Waals surface area contributed by atoms with Crippen LogP contribution in [0.4, 0.5) is 10.2 Å². The average Bonchev–Trinajstić information content (AvgIpc) is 2.56. The lowest BCUT2D eigenvalue weighted by Crippen LogP contribution is -2.11. The van der Waals surface area contributed by atoms with Crippen LogP contribution in [0.1, 0.15) is 17.0 Å². The minimum absolute atomic E-state index is 0.178. The van der Waals surface area contributed by atoms with Crippen molar-refractivity contribution in [2.75, 3.05) is 5.73 Å². The molecule has 128 valence electrons. The van der Waals surface area contributed by atoms with E-state index in [1.807, 2.05) is 0 Å². The Morgan fingerprint density at radius 3 is 2.36 bits per heavy atom. The molecule has 7 heteroatoms. The predicted molar refractivity (Wildman–Crippen MR) is 99.0 cm³/mol.